The second kappa shape index (κ2) is 6.97. The smallest absolute Gasteiger partial charge is 0.128 e. The Labute approximate surface area is 113 Å². The van der Waals surface area contributed by atoms with Crippen molar-refractivity contribution in [2.75, 3.05) is 31.6 Å². The Hall–Kier alpha value is -0.610. The largest absolute Gasteiger partial charge is 0.358 e. The molecule has 4 heteroatoms. The van der Waals surface area contributed by atoms with Crippen LogP contribution in [0, 0.1) is 12.8 Å². The van der Waals surface area contributed by atoms with Crippen molar-refractivity contribution in [2.45, 2.75) is 20.8 Å². The summed E-state index contributed by atoms with van der Waals surface area (Å²) in [6, 6.07) is 2.10. The molecule has 0 amide bonds. The molecule has 17 heavy (non-hydrogen) atoms. The predicted octanol–water partition coefficient (Wildman–Crippen LogP) is 2.83. The van der Waals surface area contributed by atoms with Crippen LogP contribution in [0.5, 0.6) is 0 Å². The Kier molecular flexibility index (Phi) is 5.92. The molecule has 0 aliphatic rings. The summed E-state index contributed by atoms with van der Waals surface area (Å²) in [5, 5.41) is 3.43. The summed E-state index contributed by atoms with van der Waals surface area (Å²) in [6.45, 7) is 9.56. The first-order chi connectivity index (χ1) is 8.00. The number of hydrogen-bond acceptors (Lipinski definition) is 3. The lowest BCUT2D eigenvalue weighted by atomic mass is 10.2. The molecule has 1 aromatic rings. The standard InChI is InChI=1S/C13H22BrN3/c1-10(2)8-15-5-6-17(4)13-7-11(3)12(14)9-16-13/h7,9-10,15H,5-6,8H2,1-4H3. The molecule has 96 valence electrons. The lowest BCUT2D eigenvalue weighted by Crippen LogP contribution is -2.31. The Balaban J connectivity index is 2.41. The summed E-state index contributed by atoms with van der Waals surface area (Å²) in [5.74, 6) is 1.73. The van der Waals surface area contributed by atoms with Crippen LogP contribution in [0.2, 0.25) is 0 Å². The molecule has 3 nitrogen and oxygen atoms in total. The van der Waals surface area contributed by atoms with Crippen LogP contribution in [-0.2, 0) is 0 Å². The fourth-order valence-corrected chi connectivity index (χ4v) is 1.70. The summed E-state index contributed by atoms with van der Waals surface area (Å²) in [7, 11) is 2.08. The number of hydrogen-bond donors (Lipinski definition) is 1. The highest BCUT2D eigenvalue weighted by molar-refractivity contribution is 9.10. The maximum absolute atomic E-state index is 4.40. The molecule has 0 saturated carbocycles. The molecule has 0 radical (unpaired) electrons. The summed E-state index contributed by atoms with van der Waals surface area (Å²) < 4.78 is 1.06. The van der Waals surface area contributed by atoms with Crippen LogP contribution in [-0.4, -0.2) is 31.7 Å². The molecule has 0 aliphatic heterocycles. The van der Waals surface area contributed by atoms with Crippen LogP contribution in [0.1, 0.15) is 19.4 Å². The molecule has 0 bridgehead atoms. The van der Waals surface area contributed by atoms with E-state index in [1.165, 1.54) is 5.56 Å². The van der Waals surface area contributed by atoms with Gasteiger partial charge in [0, 0.05) is 30.8 Å². The number of aromatic nitrogens is 1. The van der Waals surface area contributed by atoms with Crippen molar-refractivity contribution in [3.8, 4) is 0 Å². The first kappa shape index (κ1) is 14.5. The molecule has 1 aromatic heterocycles. The number of anilines is 1. The van der Waals surface area contributed by atoms with E-state index in [1.54, 1.807) is 0 Å². The summed E-state index contributed by atoms with van der Waals surface area (Å²) in [5.41, 5.74) is 1.22. The van der Waals surface area contributed by atoms with Gasteiger partial charge in [0.15, 0.2) is 0 Å². The average molecular weight is 300 g/mol. The molecule has 0 spiro atoms. The Morgan fingerprint density at radius 2 is 2.18 bits per heavy atom. The molecule has 0 saturated heterocycles. The van der Waals surface area contributed by atoms with E-state index >= 15 is 0 Å². The first-order valence-electron chi connectivity index (χ1n) is 6.04. The van der Waals surface area contributed by atoms with Crippen molar-refractivity contribution >= 4 is 21.7 Å². The lowest BCUT2D eigenvalue weighted by Gasteiger charge is -2.19. The zero-order valence-corrected chi connectivity index (χ0v) is 12.7. The second-order valence-corrected chi connectivity index (χ2v) is 5.67. The minimum absolute atomic E-state index is 0.702. The van der Waals surface area contributed by atoms with Gasteiger partial charge >= 0.3 is 0 Å². The second-order valence-electron chi connectivity index (χ2n) is 4.81. The SMILES string of the molecule is Cc1cc(N(C)CCNCC(C)C)ncc1Br. The topological polar surface area (TPSA) is 28.2 Å². The van der Waals surface area contributed by atoms with E-state index in [4.69, 9.17) is 0 Å². The number of halogens is 1. The van der Waals surface area contributed by atoms with Gasteiger partial charge in [0.1, 0.15) is 5.82 Å². The molecule has 1 rings (SSSR count). The predicted molar refractivity (Wildman–Crippen MR) is 77.7 cm³/mol. The normalized spacial score (nSPS) is 10.9. The molecule has 0 aromatic carbocycles. The highest BCUT2D eigenvalue weighted by Gasteiger charge is 2.04. The molecule has 0 atom stereocenters. The van der Waals surface area contributed by atoms with Crippen LogP contribution in [0.4, 0.5) is 5.82 Å². The summed E-state index contributed by atoms with van der Waals surface area (Å²) in [6.07, 6.45) is 1.86. The van der Waals surface area contributed by atoms with Crippen molar-refractivity contribution in [3.63, 3.8) is 0 Å². The minimum atomic E-state index is 0.702. The maximum atomic E-state index is 4.40. The molecular weight excluding hydrogens is 278 g/mol. The fraction of sp³-hybridized carbons (Fsp3) is 0.615. The van der Waals surface area contributed by atoms with Crippen LogP contribution in [0.15, 0.2) is 16.7 Å². The van der Waals surface area contributed by atoms with Gasteiger partial charge in [-0.25, -0.2) is 4.98 Å². The van der Waals surface area contributed by atoms with E-state index in [2.05, 4.69) is 65.0 Å². The zero-order valence-electron chi connectivity index (χ0n) is 11.1. The van der Waals surface area contributed by atoms with Crippen LogP contribution in [0.25, 0.3) is 0 Å². The van der Waals surface area contributed by atoms with E-state index in [9.17, 15) is 0 Å². The van der Waals surface area contributed by atoms with Gasteiger partial charge in [0.05, 0.1) is 0 Å². The number of likely N-dealkylation sites (N-methyl/N-ethyl adjacent to an activating group) is 1. The van der Waals surface area contributed by atoms with Crippen molar-refractivity contribution in [1.82, 2.24) is 10.3 Å². The van der Waals surface area contributed by atoms with Crippen LogP contribution < -0.4 is 10.2 Å². The molecule has 0 unspecified atom stereocenters. The van der Waals surface area contributed by atoms with Crippen molar-refractivity contribution in [3.05, 3.63) is 22.3 Å². The fourth-order valence-electron chi connectivity index (χ4n) is 1.49. The van der Waals surface area contributed by atoms with E-state index < -0.39 is 0 Å². The molecular formula is C13H22BrN3. The van der Waals surface area contributed by atoms with Gasteiger partial charge in [0.2, 0.25) is 0 Å². The van der Waals surface area contributed by atoms with Gasteiger partial charge in [-0.1, -0.05) is 13.8 Å². The molecule has 0 fully saturated rings. The third-order valence-electron chi connectivity index (χ3n) is 2.60. The molecule has 1 heterocycles. The lowest BCUT2D eigenvalue weighted by molar-refractivity contribution is 0.554. The van der Waals surface area contributed by atoms with Gasteiger partial charge < -0.3 is 10.2 Å². The third-order valence-corrected chi connectivity index (χ3v) is 3.43. The average Bonchev–Trinajstić information content (AvgIpc) is 2.27. The van der Waals surface area contributed by atoms with Crippen LogP contribution >= 0.6 is 15.9 Å². The van der Waals surface area contributed by atoms with Gasteiger partial charge in [0.25, 0.3) is 0 Å². The highest BCUT2D eigenvalue weighted by Crippen LogP contribution is 2.18. The molecule has 1 N–H and O–H groups in total. The van der Waals surface area contributed by atoms with Gasteiger partial charge in [-0.15, -0.1) is 0 Å². The van der Waals surface area contributed by atoms with Gasteiger partial charge in [-0.05, 0) is 46.9 Å². The number of pyridine rings is 1. The van der Waals surface area contributed by atoms with Gasteiger partial charge in [-0.3, -0.25) is 0 Å². The Morgan fingerprint density at radius 1 is 1.47 bits per heavy atom. The third kappa shape index (κ3) is 5.04. The molecule has 0 aliphatic carbocycles. The number of aryl methyl sites for hydroxylation is 1. The summed E-state index contributed by atoms with van der Waals surface area (Å²) >= 11 is 3.46. The van der Waals surface area contributed by atoms with Crippen LogP contribution in [0.3, 0.4) is 0 Å². The van der Waals surface area contributed by atoms with E-state index in [1.807, 2.05) is 6.20 Å². The Bertz CT molecular complexity index is 353. The van der Waals surface area contributed by atoms with E-state index in [0.29, 0.717) is 5.92 Å². The highest BCUT2D eigenvalue weighted by atomic mass is 79.9. The zero-order chi connectivity index (χ0) is 12.8. The monoisotopic (exact) mass is 299 g/mol. The van der Waals surface area contributed by atoms with Crippen molar-refractivity contribution < 1.29 is 0 Å². The van der Waals surface area contributed by atoms with Crippen molar-refractivity contribution in [2.24, 2.45) is 5.92 Å². The van der Waals surface area contributed by atoms with Crippen molar-refractivity contribution in [1.29, 1.82) is 0 Å². The minimum Gasteiger partial charge on any atom is -0.358 e. The Morgan fingerprint density at radius 3 is 2.76 bits per heavy atom. The quantitative estimate of drug-likeness (QED) is 0.819. The number of nitrogens with zero attached hydrogens (tertiary/aromatic N) is 2. The first-order valence-corrected chi connectivity index (χ1v) is 6.84. The number of nitrogens with one attached hydrogen (secondary N) is 1. The maximum Gasteiger partial charge on any atom is 0.128 e. The van der Waals surface area contributed by atoms with E-state index in [0.717, 1.165) is 29.9 Å². The number of rotatable bonds is 6. The van der Waals surface area contributed by atoms with Gasteiger partial charge in [-0.2, -0.15) is 0 Å². The van der Waals surface area contributed by atoms with E-state index in [-0.39, 0.29) is 0 Å². The summed E-state index contributed by atoms with van der Waals surface area (Å²) in [4.78, 5) is 6.58.